The summed E-state index contributed by atoms with van der Waals surface area (Å²) < 4.78 is 0. The molecule has 1 aromatic carbocycles. The van der Waals surface area contributed by atoms with Crippen LogP contribution in [0.3, 0.4) is 0 Å². The second-order valence-corrected chi connectivity index (χ2v) is 3.95. The molecule has 0 bridgehead atoms. The van der Waals surface area contributed by atoms with Gasteiger partial charge >= 0.3 is 0 Å². The summed E-state index contributed by atoms with van der Waals surface area (Å²) in [6, 6.07) is 9.99. The minimum atomic E-state index is 0.00190. The molecule has 1 unspecified atom stereocenters. The molecular formula is C13H20N2O2. The molecule has 0 fully saturated rings. The maximum absolute atomic E-state index is 11.0. The number of carbonyl (C=O) groups excluding carboxylic acids is 1. The average Bonchev–Trinajstić information content (AvgIpc) is 2.38. The van der Waals surface area contributed by atoms with Gasteiger partial charge in [0.1, 0.15) is 0 Å². The first kappa shape index (κ1) is 13.7. The summed E-state index contributed by atoms with van der Waals surface area (Å²) in [4.78, 5) is 11.0. The molecule has 94 valence electrons. The van der Waals surface area contributed by atoms with Gasteiger partial charge in [-0.15, -0.1) is 0 Å². The summed E-state index contributed by atoms with van der Waals surface area (Å²) in [6.45, 7) is 0.653. The first-order chi connectivity index (χ1) is 8.26. The number of rotatable bonds is 7. The van der Waals surface area contributed by atoms with Crippen LogP contribution in [0.2, 0.25) is 0 Å². The fraction of sp³-hybridized carbons (Fsp3) is 0.462. The molecule has 0 heterocycles. The lowest BCUT2D eigenvalue weighted by Gasteiger charge is -2.16. The summed E-state index contributed by atoms with van der Waals surface area (Å²) in [5.41, 5.74) is 1.18. The molecule has 1 aromatic rings. The molecular weight excluding hydrogens is 216 g/mol. The first-order valence-corrected chi connectivity index (χ1v) is 5.85. The van der Waals surface area contributed by atoms with Crippen LogP contribution in [-0.4, -0.2) is 37.3 Å². The second-order valence-electron chi connectivity index (χ2n) is 3.95. The van der Waals surface area contributed by atoms with E-state index in [-0.39, 0.29) is 18.6 Å². The number of carbonyl (C=O) groups is 1. The van der Waals surface area contributed by atoms with Crippen LogP contribution in [-0.2, 0) is 11.2 Å². The summed E-state index contributed by atoms with van der Waals surface area (Å²) in [5.74, 6) is 0.00824. The molecule has 0 aliphatic rings. The predicted molar refractivity (Wildman–Crippen MR) is 67.7 cm³/mol. The van der Waals surface area contributed by atoms with Gasteiger partial charge in [-0.2, -0.15) is 0 Å². The lowest BCUT2D eigenvalue weighted by molar-refractivity contribution is -0.120. The minimum Gasteiger partial charge on any atom is -0.395 e. The zero-order valence-electron chi connectivity index (χ0n) is 10.1. The van der Waals surface area contributed by atoms with E-state index in [2.05, 4.69) is 10.6 Å². The maximum Gasteiger partial charge on any atom is 0.221 e. The van der Waals surface area contributed by atoms with Gasteiger partial charge in [-0.05, 0) is 12.0 Å². The lowest BCUT2D eigenvalue weighted by atomic mass is 10.1. The summed E-state index contributed by atoms with van der Waals surface area (Å²) >= 11 is 0. The number of aliphatic hydroxyl groups excluding tert-OH is 1. The number of aliphatic hydroxyl groups is 1. The smallest absolute Gasteiger partial charge is 0.221 e. The van der Waals surface area contributed by atoms with Crippen LogP contribution in [0.4, 0.5) is 0 Å². The molecule has 1 amide bonds. The Morgan fingerprint density at radius 1 is 1.35 bits per heavy atom. The van der Waals surface area contributed by atoms with E-state index in [1.807, 2.05) is 30.3 Å². The van der Waals surface area contributed by atoms with Gasteiger partial charge in [0.15, 0.2) is 0 Å². The Bertz CT molecular complexity index is 327. The Hall–Kier alpha value is -1.39. The number of hydrogen-bond donors (Lipinski definition) is 3. The van der Waals surface area contributed by atoms with Crippen LogP contribution in [0.15, 0.2) is 30.3 Å². The van der Waals surface area contributed by atoms with Gasteiger partial charge < -0.3 is 15.7 Å². The molecule has 1 rings (SSSR count). The van der Waals surface area contributed by atoms with Gasteiger partial charge in [0.25, 0.3) is 0 Å². The summed E-state index contributed by atoms with van der Waals surface area (Å²) in [7, 11) is 1.62. The van der Waals surface area contributed by atoms with E-state index in [1.54, 1.807) is 7.05 Å². The molecule has 0 aromatic heterocycles. The van der Waals surface area contributed by atoms with Crippen molar-refractivity contribution in [3.05, 3.63) is 35.9 Å². The molecule has 0 saturated heterocycles. The van der Waals surface area contributed by atoms with Crippen molar-refractivity contribution in [2.45, 2.75) is 18.9 Å². The zero-order chi connectivity index (χ0) is 12.5. The van der Waals surface area contributed by atoms with E-state index < -0.39 is 0 Å². The van der Waals surface area contributed by atoms with Crippen LogP contribution >= 0.6 is 0 Å². The average molecular weight is 236 g/mol. The van der Waals surface area contributed by atoms with E-state index in [1.165, 1.54) is 5.56 Å². The quantitative estimate of drug-likeness (QED) is 0.639. The van der Waals surface area contributed by atoms with Gasteiger partial charge in [-0.25, -0.2) is 0 Å². The number of hydrogen-bond acceptors (Lipinski definition) is 3. The highest BCUT2D eigenvalue weighted by atomic mass is 16.3. The number of nitrogens with one attached hydrogen (secondary N) is 2. The van der Waals surface area contributed by atoms with Crippen molar-refractivity contribution < 1.29 is 9.90 Å². The standard InChI is InChI=1S/C13H20N2O2/c1-14-13(17)7-8-15-12(10-16)9-11-5-3-2-4-6-11/h2-6,12,15-16H,7-10H2,1H3,(H,14,17). The second kappa shape index (κ2) is 7.81. The topological polar surface area (TPSA) is 61.4 Å². The third kappa shape index (κ3) is 5.47. The van der Waals surface area contributed by atoms with Gasteiger partial charge in [0, 0.05) is 26.1 Å². The first-order valence-electron chi connectivity index (χ1n) is 5.85. The molecule has 0 aliphatic carbocycles. The van der Waals surface area contributed by atoms with Crippen molar-refractivity contribution in [3.8, 4) is 0 Å². The van der Waals surface area contributed by atoms with Crippen LogP contribution in [0, 0.1) is 0 Å². The van der Waals surface area contributed by atoms with Crippen LogP contribution in [0.1, 0.15) is 12.0 Å². The van der Waals surface area contributed by atoms with Gasteiger partial charge in [-0.1, -0.05) is 30.3 Å². The van der Waals surface area contributed by atoms with Crippen molar-refractivity contribution in [2.75, 3.05) is 20.2 Å². The summed E-state index contributed by atoms with van der Waals surface area (Å²) in [6.07, 6.45) is 1.20. The highest BCUT2D eigenvalue weighted by Crippen LogP contribution is 2.02. The van der Waals surface area contributed by atoms with Crippen molar-refractivity contribution >= 4 is 5.91 Å². The van der Waals surface area contributed by atoms with Gasteiger partial charge in [-0.3, -0.25) is 4.79 Å². The van der Waals surface area contributed by atoms with Crippen molar-refractivity contribution in [1.29, 1.82) is 0 Å². The van der Waals surface area contributed by atoms with E-state index in [4.69, 9.17) is 0 Å². The molecule has 0 saturated carbocycles. The Kier molecular flexibility index (Phi) is 6.29. The van der Waals surface area contributed by atoms with Gasteiger partial charge in [0.2, 0.25) is 5.91 Å². The minimum absolute atomic E-state index is 0.00190. The van der Waals surface area contributed by atoms with Crippen LogP contribution < -0.4 is 10.6 Å². The molecule has 4 nitrogen and oxygen atoms in total. The zero-order valence-corrected chi connectivity index (χ0v) is 10.1. The molecule has 17 heavy (non-hydrogen) atoms. The van der Waals surface area contributed by atoms with E-state index in [9.17, 15) is 9.90 Å². The van der Waals surface area contributed by atoms with Gasteiger partial charge in [0.05, 0.1) is 6.61 Å². The van der Waals surface area contributed by atoms with E-state index >= 15 is 0 Å². The highest BCUT2D eigenvalue weighted by Gasteiger charge is 2.08. The van der Waals surface area contributed by atoms with E-state index in [0.29, 0.717) is 13.0 Å². The molecule has 1 atom stereocenters. The fourth-order valence-electron chi connectivity index (χ4n) is 1.61. The molecule has 0 spiro atoms. The van der Waals surface area contributed by atoms with Crippen molar-refractivity contribution in [2.24, 2.45) is 0 Å². The third-order valence-corrected chi connectivity index (χ3v) is 2.61. The Morgan fingerprint density at radius 3 is 2.65 bits per heavy atom. The monoisotopic (exact) mass is 236 g/mol. The van der Waals surface area contributed by atoms with Crippen LogP contribution in [0.5, 0.6) is 0 Å². The maximum atomic E-state index is 11.0. The third-order valence-electron chi connectivity index (χ3n) is 2.61. The van der Waals surface area contributed by atoms with E-state index in [0.717, 1.165) is 6.42 Å². The van der Waals surface area contributed by atoms with Crippen LogP contribution in [0.25, 0.3) is 0 Å². The van der Waals surface area contributed by atoms with Crippen molar-refractivity contribution in [3.63, 3.8) is 0 Å². The number of benzene rings is 1. The fourth-order valence-corrected chi connectivity index (χ4v) is 1.61. The molecule has 3 N–H and O–H groups in total. The Morgan fingerprint density at radius 2 is 2.06 bits per heavy atom. The SMILES string of the molecule is CNC(=O)CCNC(CO)Cc1ccccc1. The highest BCUT2D eigenvalue weighted by molar-refractivity contribution is 5.75. The molecule has 0 radical (unpaired) electrons. The Labute approximate surface area is 102 Å². The predicted octanol–water partition coefficient (Wildman–Crippen LogP) is 0.316. The lowest BCUT2D eigenvalue weighted by Crippen LogP contribution is -2.36. The summed E-state index contributed by atoms with van der Waals surface area (Å²) in [5, 5.41) is 15.0. The van der Waals surface area contributed by atoms with Crippen molar-refractivity contribution in [1.82, 2.24) is 10.6 Å². The molecule has 4 heteroatoms. The normalized spacial score (nSPS) is 12.1. The number of amides is 1. The largest absolute Gasteiger partial charge is 0.395 e. The Balaban J connectivity index is 2.31. The molecule has 0 aliphatic heterocycles.